The molecule has 0 aliphatic heterocycles. The Balaban J connectivity index is 2.97. The Labute approximate surface area is 117 Å². The van der Waals surface area contributed by atoms with E-state index in [2.05, 4.69) is 22.0 Å². The van der Waals surface area contributed by atoms with Gasteiger partial charge in [0.1, 0.15) is 0 Å². The molecule has 18 heavy (non-hydrogen) atoms. The van der Waals surface area contributed by atoms with Crippen LogP contribution in [0.5, 0.6) is 0 Å². The summed E-state index contributed by atoms with van der Waals surface area (Å²) in [6.07, 6.45) is 0. The van der Waals surface area contributed by atoms with Crippen molar-refractivity contribution in [3.63, 3.8) is 0 Å². The lowest BCUT2D eigenvalue weighted by molar-refractivity contribution is 0.0752. The van der Waals surface area contributed by atoms with Gasteiger partial charge in [0.15, 0.2) is 0 Å². The van der Waals surface area contributed by atoms with Crippen molar-refractivity contribution >= 4 is 21.8 Å². The van der Waals surface area contributed by atoms with Crippen LogP contribution in [-0.2, 0) is 0 Å². The first kappa shape index (κ1) is 14.7. The number of aryl methyl sites for hydroxylation is 1. The van der Waals surface area contributed by atoms with Gasteiger partial charge in [0, 0.05) is 23.1 Å². The molecular weight excluding hydrogens is 292 g/mol. The summed E-state index contributed by atoms with van der Waals surface area (Å²) in [6, 6.07) is 7.82. The lowest BCUT2D eigenvalue weighted by atomic mass is 10.1. The third-order valence-electron chi connectivity index (χ3n) is 2.81. The number of nitriles is 1. The highest BCUT2D eigenvalue weighted by atomic mass is 79.9. The van der Waals surface area contributed by atoms with Gasteiger partial charge in [-0.2, -0.15) is 5.26 Å². The Kier molecular flexibility index (Phi) is 5.36. The fourth-order valence-corrected chi connectivity index (χ4v) is 2.08. The molecule has 0 fully saturated rings. The van der Waals surface area contributed by atoms with E-state index in [9.17, 15) is 4.79 Å². The highest BCUT2D eigenvalue weighted by Gasteiger charge is 2.18. The molecular formula is C14H17BrN2O. The summed E-state index contributed by atoms with van der Waals surface area (Å²) < 4.78 is 0.890. The van der Waals surface area contributed by atoms with E-state index in [1.165, 1.54) is 0 Å². The van der Waals surface area contributed by atoms with Gasteiger partial charge >= 0.3 is 0 Å². The van der Waals surface area contributed by atoms with E-state index in [1.807, 2.05) is 39.0 Å². The van der Waals surface area contributed by atoms with Crippen molar-refractivity contribution in [1.82, 2.24) is 4.90 Å². The number of amides is 1. The monoisotopic (exact) mass is 308 g/mol. The van der Waals surface area contributed by atoms with Crippen LogP contribution in [0.4, 0.5) is 0 Å². The van der Waals surface area contributed by atoms with Crippen LogP contribution in [-0.4, -0.2) is 23.9 Å². The van der Waals surface area contributed by atoms with Crippen molar-refractivity contribution < 1.29 is 4.79 Å². The smallest absolute Gasteiger partial charge is 0.254 e. The highest BCUT2D eigenvalue weighted by Crippen LogP contribution is 2.18. The number of benzene rings is 1. The van der Waals surface area contributed by atoms with Gasteiger partial charge < -0.3 is 4.90 Å². The molecule has 1 amide bonds. The van der Waals surface area contributed by atoms with Crippen LogP contribution in [0.1, 0.15) is 29.8 Å². The van der Waals surface area contributed by atoms with E-state index in [1.54, 1.807) is 4.90 Å². The largest absolute Gasteiger partial charge is 0.338 e. The first-order valence-electron chi connectivity index (χ1n) is 5.94. The van der Waals surface area contributed by atoms with Gasteiger partial charge in [-0.05, 0) is 38.5 Å². The summed E-state index contributed by atoms with van der Waals surface area (Å²) >= 11 is 3.38. The Hall–Kier alpha value is -1.34. The van der Waals surface area contributed by atoms with E-state index in [0.717, 1.165) is 10.0 Å². The molecule has 0 aliphatic carbocycles. The van der Waals surface area contributed by atoms with Crippen LogP contribution < -0.4 is 0 Å². The summed E-state index contributed by atoms with van der Waals surface area (Å²) in [4.78, 5) is 14.1. The normalized spacial score (nSPS) is 11.7. The number of hydrogen-bond donors (Lipinski definition) is 0. The van der Waals surface area contributed by atoms with Gasteiger partial charge in [-0.1, -0.05) is 22.0 Å². The zero-order chi connectivity index (χ0) is 13.7. The number of rotatable bonds is 4. The van der Waals surface area contributed by atoms with Crippen LogP contribution in [0.3, 0.4) is 0 Å². The maximum Gasteiger partial charge on any atom is 0.254 e. The minimum Gasteiger partial charge on any atom is -0.338 e. The van der Waals surface area contributed by atoms with Gasteiger partial charge in [0.2, 0.25) is 0 Å². The van der Waals surface area contributed by atoms with Crippen molar-refractivity contribution in [3.05, 3.63) is 33.8 Å². The van der Waals surface area contributed by atoms with Crippen molar-refractivity contribution in [3.8, 4) is 6.07 Å². The molecule has 0 saturated heterocycles. The number of carbonyl (C=O) groups excluding carboxylic acids is 1. The molecule has 96 valence electrons. The molecule has 1 rings (SSSR count). The lowest BCUT2D eigenvalue weighted by Crippen LogP contribution is -2.34. The van der Waals surface area contributed by atoms with Gasteiger partial charge in [-0.15, -0.1) is 0 Å². The molecule has 4 heteroatoms. The van der Waals surface area contributed by atoms with Crippen LogP contribution >= 0.6 is 15.9 Å². The van der Waals surface area contributed by atoms with E-state index >= 15 is 0 Å². The molecule has 1 aromatic rings. The molecule has 3 nitrogen and oxygen atoms in total. The molecule has 1 aromatic carbocycles. The average molecular weight is 309 g/mol. The second-order valence-electron chi connectivity index (χ2n) is 4.33. The average Bonchev–Trinajstić information content (AvgIpc) is 2.37. The molecule has 0 radical (unpaired) electrons. The maximum atomic E-state index is 12.4. The maximum absolute atomic E-state index is 12.4. The third-order valence-corrected chi connectivity index (χ3v) is 3.31. The summed E-state index contributed by atoms with van der Waals surface area (Å²) in [5, 5.41) is 8.83. The standard InChI is InChI=1S/C14H17BrN2O/c1-4-17(9-10(2)8-16)14(18)13-7-12(15)6-5-11(13)3/h5-7,10H,4,9H2,1-3H3. The van der Waals surface area contributed by atoms with Gasteiger partial charge in [0.25, 0.3) is 5.91 Å². The highest BCUT2D eigenvalue weighted by molar-refractivity contribution is 9.10. The number of carbonyl (C=O) groups is 1. The Morgan fingerprint density at radius 1 is 1.56 bits per heavy atom. The molecule has 0 aromatic heterocycles. The second-order valence-corrected chi connectivity index (χ2v) is 5.25. The van der Waals surface area contributed by atoms with Gasteiger partial charge in [-0.25, -0.2) is 0 Å². The lowest BCUT2D eigenvalue weighted by Gasteiger charge is -2.23. The van der Waals surface area contributed by atoms with Crippen molar-refractivity contribution in [1.29, 1.82) is 5.26 Å². The number of halogens is 1. The van der Waals surface area contributed by atoms with Crippen molar-refractivity contribution in [2.75, 3.05) is 13.1 Å². The molecule has 0 saturated carbocycles. The van der Waals surface area contributed by atoms with Crippen LogP contribution in [0, 0.1) is 24.2 Å². The zero-order valence-corrected chi connectivity index (χ0v) is 12.5. The van der Waals surface area contributed by atoms with Gasteiger partial charge in [-0.3, -0.25) is 4.79 Å². The van der Waals surface area contributed by atoms with Crippen LogP contribution in [0.25, 0.3) is 0 Å². The summed E-state index contributed by atoms with van der Waals surface area (Å²) in [7, 11) is 0. The number of hydrogen-bond acceptors (Lipinski definition) is 2. The van der Waals surface area contributed by atoms with Crippen molar-refractivity contribution in [2.24, 2.45) is 5.92 Å². The minimum absolute atomic E-state index is 0.0154. The fourth-order valence-electron chi connectivity index (χ4n) is 1.72. The van der Waals surface area contributed by atoms with E-state index in [0.29, 0.717) is 18.7 Å². The quantitative estimate of drug-likeness (QED) is 0.856. The minimum atomic E-state index is -0.152. The third kappa shape index (κ3) is 3.58. The van der Waals surface area contributed by atoms with E-state index < -0.39 is 0 Å². The van der Waals surface area contributed by atoms with Gasteiger partial charge in [0.05, 0.1) is 12.0 Å². The predicted octanol–water partition coefficient (Wildman–Crippen LogP) is 3.38. The molecule has 0 N–H and O–H groups in total. The first-order valence-corrected chi connectivity index (χ1v) is 6.74. The Morgan fingerprint density at radius 3 is 2.78 bits per heavy atom. The SMILES string of the molecule is CCN(CC(C)C#N)C(=O)c1cc(Br)ccc1C. The number of nitrogens with zero attached hydrogens (tertiary/aromatic N) is 2. The molecule has 1 atom stereocenters. The Morgan fingerprint density at radius 2 is 2.22 bits per heavy atom. The summed E-state index contributed by atoms with van der Waals surface area (Å²) in [6.45, 7) is 6.74. The molecule has 0 spiro atoms. The fraction of sp³-hybridized carbons (Fsp3) is 0.429. The predicted molar refractivity (Wildman–Crippen MR) is 75.2 cm³/mol. The Bertz CT molecular complexity index is 479. The van der Waals surface area contributed by atoms with Crippen LogP contribution in [0.15, 0.2) is 22.7 Å². The summed E-state index contributed by atoms with van der Waals surface area (Å²) in [5.41, 5.74) is 1.64. The van der Waals surface area contributed by atoms with Crippen LogP contribution in [0.2, 0.25) is 0 Å². The molecule has 1 unspecified atom stereocenters. The molecule has 0 heterocycles. The van der Waals surface area contributed by atoms with Crippen molar-refractivity contribution in [2.45, 2.75) is 20.8 Å². The topological polar surface area (TPSA) is 44.1 Å². The molecule has 0 bridgehead atoms. The first-order chi connectivity index (χ1) is 8.49. The van der Waals surface area contributed by atoms with E-state index in [-0.39, 0.29) is 11.8 Å². The summed E-state index contributed by atoms with van der Waals surface area (Å²) in [5.74, 6) is -0.167. The second kappa shape index (κ2) is 6.55. The zero-order valence-electron chi connectivity index (χ0n) is 10.9. The molecule has 0 aliphatic rings. The van der Waals surface area contributed by atoms with E-state index in [4.69, 9.17) is 5.26 Å².